The van der Waals surface area contributed by atoms with Gasteiger partial charge in [0.2, 0.25) is 0 Å². The molecule has 4 heteroatoms. The minimum Gasteiger partial charge on any atom is -0.352 e. The molecule has 0 heterocycles. The molecule has 0 atom stereocenters. The molecule has 2 aromatic rings. The summed E-state index contributed by atoms with van der Waals surface area (Å²) in [6.45, 7) is 5.76. The largest absolute Gasteiger partial charge is 0.352 e. The zero-order valence-electron chi connectivity index (χ0n) is 14.3. The summed E-state index contributed by atoms with van der Waals surface area (Å²) < 4.78 is 0. The van der Waals surface area contributed by atoms with Crippen molar-refractivity contribution >= 4 is 11.8 Å². The average Bonchev–Trinajstić information content (AvgIpc) is 2.64. The summed E-state index contributed by atoms with van der Waals surface area (Å²) in [5.74, 6) is -0.205. The van der Waals surface area contributed by atoms with E-state index < -0.39 is 0 Å². The Kier molecular flexibility index (Phi) is 6.55. The standard InChI is InChI=1S/C20H24N2O2/c1-3-13-21-19(23)17-11-8-12-18(14-17)20(24)22(4-2)15-16-9-6-5-7-10-16/h5-12,14H,3-4,13,15H2,1-2H3,(H,21,23). The van der Waals surface area contributed by atoms with E-state index in [9.17, 15) is 9.59 Å². The molecule has 0 saturated heterocycles. The van der Waals surface area contributed by atoms with Gasteiger partial charge in [-0.3, -0.25) is 9.59 Å². The summed E-state index contributed by atoms with van der Waals surface area (Å²) in [4.78, 5) is 26.6. The maximum absolute atomic E-state index is 12.8. The van der Waals surface area contributed by atoms with Crippen LogP contribution in [0.2, 0.25) is 0 Å². The van der Waals surface area contributed by atoms with Crippen LogP contribution in [-0.2, 0) is 6.54 Å². The molecule has 0 fully saturated rings. The van der Waals surface area contributed by atoms with Gasteiger partial charge in [-0.15, -0.1) is 0 Å². The highest BCUT2D eigenvalue weighted by Crippen LogP contribution is 2.12. The van der Waals surface area contributed by atoms with Crippen LogP contribution in [0, 0.1) is 0 Å². The smallest absolute Gasteiger partial charge is 0.254 e. The monoisotopic (exact) mass is 324 g/mol. The van der Waals surface area contributed by atoms with Crippen molar-refractivity contribution in [2.75, 3.05) is 13.1 Å². The van der Waals surface area contributed by atoms with Gasteiger partial charge in [0.15, 0.2) is 0 Å². The van der Waals surface area contributed by atoms with Crippen molar-refractivity contribution < 1.29 is 9.59 Å². The number of hydrogen-bond donors (Lipinski definition) is 1. The van der Waals surface area contributed by atoms with Crippen LogP contribution in [0.3, 0.4) is 0 Å². The number of benzene rings is 2. The van der Waals surface area contributed by atoms with E-state index in [4.69, 9.17) is 0 Å². The van der Waals surface area contributed by atoms with E-state index in [0.717, 1.165) is 12.0 Å². The second-order valence-corrected chi connectivity index (χ2v) is 5.64. The van der Waals surface area contributed by atoms with Gasteiger partial charge in [-0.2, -0.15) is 0 Å². The van der Waals surface area contributed by atoms with Crippen molar-refractivity contribution in [3.8, 4) is 0 Å². The lowest BCUT2D eigenvalue weighted by molar-refractivity contribution is 0.0752. The molecule has 1 N–H and O–H groups in total. The van der Waals surface area contributed by atoms with Gasteiger partial charge in [-0.1, -0.05) is 43.3 Å². The molecule has 2 aromatic carbocycles. The molecule has 0 aliphatic rings. The van der Waals surface area contributed by atoms with Gasteiger partial charge in [-0.25, -0.2) is 0 Å². The number of rotatable bonds is 7. The van der Waals surface area contributed by atoms with Crippen LogP contribution in [0.1, 0.15) is 46.5 Å². The Morgan fingerprint density at radius 1 is 0.958 bits per heavy atom. The quantitative estimate of drug-likeness (QED) is 0.847. The van der Waals surface area contributed by atoms with Gasteiger partial charge in [-0.05, 0) is 37.1 Å². The first-order valence-corrected chi connectivity index (χ1v) is 8.37. The van der Waals surface area contributed by atoms with Crippen molar-refractivity contribution in [3.63, 3.8) is 0 Å². The number of amides is 2. The third-order valence-electron chi connectivity index (χ3n) is 3.79. The van der Waals surface area contributed by atoms with Gasteiger partial charge in [0, 0.05) is 30.8 Å². The fourth-order valence-corrected chi connectivity index (χ4v) is 2.45. The SMILES string of the molecule is CCCNC(=O)c1cccc(C(=O)N(CC)Cc2ccccc2)c1. The Morgan fingerprint density at radius 3 is 2.33 bits per heavy atom. The van der Waals surface area contributed by atoms with E-state index in [2.05, 4.69) is 5.32 Å². The molecule has 0 aliphatic heterocycles. The van der Waals surface area contributed by atoms with Crippen LogP contribution < -0.4 is 5.32 Å². The number of carbonyl (C=O) groups excluding carboxylic acids is 2. The lowest BCUT2D eigenvalue weighted by Gasteiger charge is -2.21. The Balaban J connectivity index is 2.14. The highest BCUT2D eigenvalue weighted by molar-refractivity contribution is 5.99. The lowest BCUT2D eigenvalue weighted by Crippen LogP contribution is -2.30. The molecule has 0 aliphatic carbocycles. The molecule has 0 unspecified atom stereocenters. The summed E-state index contributed by atoms with van der Waals surface area (Å²) in [7, 11) is 0. The van der Waals surface area contributed by atoms with Crippen LogP contribution in [-0.4, -0.2) is 29.8 Å². The van der Waals surface area contributed by atoms with Crippen molar-refractivity contribution in [1.82, 2.24) is 10.2 Å². The lowest BCUT2D eigenvalue weighted by atomic mass is 10.1. The predicted molar refractivity (Wildman–Crippen MR) is 95.9 cm³/mol. The summed E-state index contributed by atoms with van der Waals surface area (Å²) in [6.07, 6.45) is 0.880. The Labute approximate surface area is 143 Å². The summed E-state index contributed by atoms with van der Waals surface area (Å²) in [5.41, 5.74) is 2.14. The second kappa shape index (κ2) is 8.87. The van der Waals surface area contributed by atoms with E-state index in [1.54, 1.807) is 29.2 Å². The molecular formula is C20H24N2O2. The molecule has 0 spiro atoms. The first kappa shape index (κ1) is 17.7. The number of nitrogens with zero attached hydrogens (tertiary/aromatic N) is 1. The van der Waals surface area contributed by atoms with Gasteiger partial charge in [0.25, 0.3) is 11.8 Å². The molecule has 0 aromatic heterocycles. The predicted octanol–water partition coefficient (Wildman–Crippen LogP) is 3.49. The highest BCUT2D eigenvalue weighted by atomic mass is 16.2. The Morgan fingerprint density at radius 2 is 1.67 bits per heavy atom. The molecule has 4 nitrogen and oxygen atoms in total. The Bertz CT molecular complexity index is 683. The van der Waals surface area contributed by atoms with Gasteiger partial charge in [0.1, 0.15) is 0 Å². The third-order valence-corrected chi connectivity index (χ3v) is 3.79. The first-order valence-electron chi connectivity index (χ1n) is 8.37. The van der Waals surface area contributed by atoms with Crippen molar-refractivity contribution in [3.05, 3.63) is 71.3 Å². The van der Waals surface area contributed by atoms with E-state index in [1.165, 1.54) is 0 Å². The minimum atomic E-state index is -0.141. The van der Waals surface area contributed by atoms with Crippen molar-refractivity contribution in [1.29, 1.82) is 0 Å². The van der Waals surface area contributed by atoms with E-state index in [-0.39, 0.29) is 11.8 Å². The zero-order valence-corrected chi connectivity index (χ0v) is 14.3. The van der Waals surface area contributed by atoms with Gasteiger partial charge >= 0.3 is 0 Å². The molecule has 0 saturated carbocycles. The second-order valence-electron chi connectivity index (χ2n) is 5.64. The maximum atomic E-state index is 12.8. The van der Waals surface area contributed by atoms with E-state index in [0.29, 0.717) is 30.8 Å². The third kappa shape index (κ3) is 4.69. The molecule has 126 valence electrons. The fourth-order valence-electron chi connectivity index (χ4n) is 2.45. The summed E-state index contributed by atoms with van der Waals surface area (Å²) in [6, 6.07) is 16.8. The fraction of sp³-hybridized carbons (Fsp3) is 0.300. The molecular weight excluding hydrogens is 300 g/mol. The molecule has 0 bridgehead atoms. The van der Waals surface area contributed by atoms with Crippen LogP contribution in [0.4, 0.5) is 0 Å². The number of hydrogen-bond acceptors (Lipinski definition) is 2. The molecule has 24 heavy (non-hydrogen) atoms. The van der Waals surface area contributed by atoms with Crippen LogP contribution in [0.25, 0.3) is 0 Å². The van der Waals surface area contributed by atoms with E-state index >= 15 is 0 Å². The summed E-state index contributed by atoms with van der Waals surface area (Å²) in [5, 5.41) is 2.83. The van der Waals surface area contributed by atoms with Crippen molar-refractivity contribution in [2.24, 2.45) is 0 Å². The van der Waals surface area contributed by atoms with Crippen LogP contribution >= 0.6 is 0 Å². The van der Waals surface area contributed by atoms with E-state index in [1.807, 2.05) is 44.2 Å². The normalized spacial score (nSPS) is 10.2. The molecule has 2 rings (SSSR count). The number of nitrogens with one attached hydrogen (secondary N) is 1. The minimum absolute atomic E-state index is 0.0634. The maximum Gasteiger partial charge on any atom is 0.254 e. The summed E-state index contributed by atoms with van der Waals surface area (Å²) >= 11 is 0. The van der Waals surface area contributed by atoms with Gasteiger partial charge in [0.05, 0.1) is 0 Å². The first-order chi connectivity index (χ1) is 11.7. The van der Waals surface area contributed by atoms with Crippen LogP contribution in [0.5, 0.6) is 0 Å². The van der Waals surface area contributed by atoms with Crippen LogP contribution in [0.15, 0.2) is 54.6 Å². The average molecular weight is 324 g/mol. The number of carbonyl (C=O) groups is 2. The zero-order chi connectivity index (χ0) is 17.4. The topological polar surface area (TPSA) is 49.4 Å². The highest BCUT2D eigenvalue weighted by Gasteiger charge is 2.16. The molecule has 2 amide bonds. The van der Waals surface area contributed by atoms with Crippen molar-refractivity contribution in [2.45, 2.75) is 26.8 Å². The van der Waals surface area contributed by atoms with Gasteiger partial charge < -0.3 is 10.2 Å². The Hall–Kier alpha value is -2.62. The molecule has 0 radical (unpaired) electrons.